The van der Waals surface area contributed by atoms with Crippen LogP contribution in [-0.2, 0) is 16.3 Å². The van der Waals surface area contributed by atoms with Gasteiger partial charge < -0.3 is 5.73 Å². The third-order valence-electron chi connectivity index (χ3n) is 3.22. The van der Waals surface area contributed by atoms with Crippen LogP contribution in [0.4, 0.5) is 0 Å². The quantitative estimate of drug-likeness (QED) is 0.911. The van der Waals surface area contributed by atoms with Crippen LogP contribution < -0.4 is 5.73 Å². The van der Waals surface area contributed by atoms with Gasteiger partial charge in [-0.25, -0.2) is 8.42 Å². The highest BCUT2D eigenvalue weighted by atomic mass is 32.2. The van der Waals surface area contributed by atoms with Gasteiger partial charge in [0.25, 0.3) is 0 Å². The summed E-state index contributed by atoms with van der Waals surface area (Å²) < 4.78 is 22.3. The lowest BCUT2D eigenvalue weighted by atomic mass is 9.98. The van der Waals surface area contributed by atoms with Crippen LogP contribution in [0.5, 0.6) is 0 Å². The highest BCUT2D eigenvalue weighted by Gasteiger charge is 2.10. The number of hydrogen-bond acceptors (Lipinski definition) is 3. The molecule has 0 bridgehead atoms. The van der Waals surface area contributed by atoms with Crippen molar-refractivity contribution in [3.63, 3.8) is 0 Å². The first-order valence-corrected chi connectivity index (χ1v) is 8.42. The molecule has 2 rings (SSSR count). The molecule has 1 unspecified atom stereocenters. The van der Waals surface area contributed by atoms with Gasteiger partial charge in [-0.1, -0.05) is 42.5 Å². The number of sulfone groups is 1. The van der Waals surface area contributed by atoms with E-state index in [4.69, 9.17) is 5.73 Å². The maximum Gasteiger partial charge on any atom is 0.147 e. The first-order valence-electron chi connectivity index (χ1n) is 6.36. The predicted molar refractivity (Wildman–Crippen MR) is 80.0 cm³/mol. The van der Waals surface area contributed by atoms with Crippen molar-refractivity contribution in [3.8, 4) is 0 Å². The number of fused-ring (bicyclic) bond motifs is 1. The van der Waals surface area contributed by atoms with Gasteiger partial charge >= 0.3 is 0 Å². The second-order valence-corrected chi connectivity index (χ2v) is 7.28. The molecule has 0 amide bonds. The Hall–Kier alpha value is -1.39. The van der Waals surface area contributed by atoms with Gasteiger partial charge in [0.15, 0.2) is 0 Å². The van der Waals surface area contributed by atoms with Crippen LogP contribution in [0.2, 0.25) is 0 Å². The maximum absolute atomic E-state index is 11.1. The van der Waals surface area contributed by atoms with Crippen molar-refractivity contribution in [2.45, 2.75) is 18.9 Å². The van der Waals surface area contributed by atoms with Gasteiger partial charge in [0.1, 0.15) is 9.84 Å². The van der Waals surface area contributed by atoms with Crippen molar-refractivity contribution < 1.29 is 8.42 Å². The van der Waals surface area contributed by atoms with E-state index in [9.17, 15) is 8.42 Å². The number of hydrogen-bond donors (Lipinski definition) is 1. The molecule has 19 heavy (non-hydrogen) atoms. The molecule has 2 aromatic rings. The number of rotatable bonds is 5. The molecule has 0 aliphatic carbocycles. The second-order valence-electron chi connectivity index (χ2n) is 5.02. The van der Waals surface area contributed by atoms with E-state index in [0.29, 0.717) is 12.8 Å². The normalized spacial score (nSPS) is 13.6. The van der Waals surface area contributed by atoms with Crippen molar-refractivity contribution in [2.75, 3.05) is 12.0 Å². The van der Waals surface area contributed by atoms with Gasteiger partial charge in [-0.05, 0) is 29.2 Å². The lowest BCUT2D eigenvalue weighted by Gasteiger charge is -2.13. The van der Waals surface area contributed by atoms with Gasteiger partial charge in [0, 0.05) is 12.3 Å². The largest absolute Gasteiger partial charge is 0.327 e. The second kappa shape index (κ2) is 5.72. The van der Waals surface area contributed by atoms with E-state index in [1.165, 1.54) is 22.6 Å². The Kier molecular flexibility index (Phi) is 4.22. The minimum atomic E-state index is -2.93. The lowest BCUT2D eigenvalue weighted by Crippen LogP contribution is -2.26. The molecule has 2 N–H and O–H groups in total. The number of nitrogens with two attached hydrogens (primary N) is 1. The van der Waals surface area contributed by atoms with E-state index in [1.807, 2.05) is 18.2 Å². The molecule has 0 aliphatic heterocycles. The van der Waals surface area contributed by atoms with Crippen LogP contribution >= 0.6 is 0 Å². The lowest BCUT2D eigenvalue weighted by molar-refractivity contribution is 0.586. The molecule has 4 heteroatoms. The zero-order valence-electron chi connectivity index (χ0n) is 11.0. The van der Waals surface area contributed by atoms with Crippen LogP contribution in [0, 0.1) is 0 Å². The van der Waals surface area contributed by atoms with E-state index < -0.39 is 9.84 Å². The molecule has 102 valence electrons. The molecule has 0 fully saturated rings. The van der Waals surface area contributed by atoms with Crippen LogP contribution in [-0.4, -0.2) is 26.5 Å². The third kappa shape index (κ3) is 4.04. The van der Waals surface area contributed by atoms with Gasteiger partial charge in [0.2, 0.25) is 0 Å². The highest BCUT2D eigenvalue weighted by Crippen LogP contribution is 2.20. The molecule has 0 heterocycles. The fourth-order valence-electron chi connectivity index (χ4n) is 2.22. The first-order chi connectivity index (χ1) is 8.96. The van der Waals surface area contributed by atoms with Gasteiger partial charge in [0.05, 0.1) is 5.75 Å². The minimum absolute atomic E-state index is 0.125. The predicted octanol–water partition coefficient (Wildman–Crippen LogP) is 2.14. The summed E-state index contributed by atoms with van der Waals surface area (Å²) in [5.74, 6) is 0.152. The standard InChI is InChI=1S/C15H19NO2S/c1-19(17,18)10-9-14(16)11-13-7-4-6-12-5-2-3-8-15(12)13/h2-8,14H,9-11,16H2,1H3. The van der Waals surface area contributed by atoms with E-state index in [1.54, 1.807) is 0 Å². The van der Waals surface area contributed by atoms with E-state index in [0.717, 1.165) is 0 Å². The Morgan fingerprint density at radius 1 is 1.11 bits per heavy atom. The molecule has 0 aliphatic rings. The molecule has 0 radical (unpaired) electrons. The summed E-state index contributed by atoms with van der Waals surface area (Å²) in [6.45, 7) is 0. The molecule has 0 aromatic heterocycles. The molecule has 3 nitrogen and oxygen atoms in total. The topological polar surface area (TPSA) is 60.2 Å². The molecular weight excluding hydrogens is 258 g/mol. The summed E-state index contributed by atoms with van der Waals surface area (Å²) in [6, 6.07) is 14.2. The molecule has 0 spiro atoms. The Balaban J connectivity index is 2.13. The zero-order valence-corrected chi connectivity index (χ0v) is 11.9. The fourth-order valence-corrected chi connectivity index (χ4v) is 2.95. The monoisotopic (exact) mass is 277 g/mol. The Morgan fingerprint density at radius 2 is 1.79 bits per heavy atom. The van der Waals surface area contributed by atoms with Crippen molar-refractivity contribution >= 4 is 20.6 Å². The van der Waals surface area contributed by atoms with Crippen LogP contribution in [0.1, 0.15) is 12.0 Å². The summed E-state index contributed by atoms with van der Waals surface area (Å²) in [5.41, 5.74) is 7.22. The third-order valence-corrected chi connectivity index (χ3v) is 4.20. The number of benzene rings is 2. The zero-order chi connectivity index (χ0) is 13.9. The average molecular weight is 277 g/mol. The van der Waals surface area contributed by atoms with Crippen molar-refractivity contribution in [1.82, 2.24) is 0 Å². The van der Waals surface area contributed by atoms with Crippen LogP contribution in [0.3, 0.4) is 0 Å². The summed E-state index contributed by atoms with van der Waals surface area (Å²) in [4.78, 5) is 0. The van der Waals surface area contributed by atoms with Crippen molar-refractivity contribution in [3.05, 3.63) is 48.0 Å². The van der Waals surface area contributed by atoms with Gasteiger partial charge in [-0.3, -0.25) is 0 Å². The van der Waals surface area contributed by atoms with Crippen molar-refractivity contribution in [1.29, 1.82) is 0 Å². The molecule has 1 atom stereocenters. The molecular formula is C15H19NO2S. The van der Waals surface area contributed by atoms with Gasteiger partial charge in [-0.2, -0.15) is 0 Å². The summed E-state index contributed by atoms with van der Waals surface area (Å²) in [7, 11) is -2.93. The molecule has 0 saturated heterocycles. The molecule has 0 saturated carbocycles. The SMILES string of the molecule is CS(=O)(=O)CCC(N)Cc1cccc2ccccc12. The minimum Gasteiger partial charge on any atom is -0.327 e. The molecule has 2 aromatic carbocycles. The van der Waals surface area contributed by atoms with Crippen LogP contribution in [0.25, 0.3) is 10.8 Å². The van der Waals surface area contributed by atoms with Crippen molar-refractivity contribution in [2.24, 2.45) is 5.73 Å². The summed E-state index contributed by atoms with van der Waals surface area (Å²) in [5, 5.41) is 2.38. The fraction of sp³-hybridized carbons (Fsp3) is 0.333. The first kappa shape index (κ1) is 14.0. The average Bonchev–Trinajstić information content (AvgIpc) is 2.36. The summed E-state index contributed by atoms with van der Waals surface area (Å²) >= 11 is 0. The summed E-state index contributed by atoms with van der Waals surface area (Å²) in [6.07, 6.45) is 2.45. The smallest absolute Gasteiger partial charge is 0.147 e. The highest BCUT2D eigenvalue weighted by molar-refractivity contribution is 7.90. The Labute approximate surface area is 114 Å². The van der Waals surface area contributed by atoms with E-state index >= 15 is 0 Å². The Morgan fingerprint density at radius 3 is 2.53 bits per heavy atom. The van der Waals surface area contributed by atoms with E-state index in [-0.39, 0.29) is 11.8 Å². The Bertz CT molecular complexity index is 659. The van der Waals surface area contributed by atoms with Crippen LogP contribution in [0.15, 0.2) is 42.5 Å². The van der Waals surface area contributed by atoms with Gasteiger partial charge in [-0.15, -0.1) is 0 Å². The maximum atomic E-state index is 11.1. The van der Waals surface area contributed by atoms with E-state index in [2.05, 4.69) is 24.3 Å².